The quantitative estimate of drug-likeness (QED) is 0.792. The van der Waals surface area contributed by atoms with Crippen molar-refractivity contribution in [2.45, 2.75) is 12.8 Å². The summed E-state index contributed by atoms with van der Waals surface area (Å²) in [5.74, 6) is -0.239. The van der Waals surface area contributed by atoms with Crippen molar-refractivity contribution in [2.24, 2.45) is 0 Å². The molecule has 1 aromatic rings. The second kappa shape index (κ2) is 6.14. The Morgan fingerprint density at radius 1 is 1.37 bits per heavy atom. The van der Waals surface area contributed by atoms with Crippen molar-refractivity contribution in [3.05, 3.63) is 28.5 Å². The van der Waals surface area contributed by atoms with E-state index in [1.165, 1.54) is 4.90 Å². The molecule has 1 aliphatic heterocycles. The second-order valence-electron chi connectivity index (χ2n) is 4.59. The zero-order valence-electron chi connectivity index (χ0n) is 10.8. The van der Waals surface area contributed by atoms with Gasteiger partial charge in [-0.1, -0.05) is 6.07 Å². The maximum atomic E-state index is 12.1. The molecule has 0 radical (unpaired) electrons. The van der Waals surface area contributed by atoms with E-state index in [1.54, 1.807) is 30.1 Å². The highest BCUT2D eigenvalue weighted by Gasteiger charge is 2.22. The van der Waals surface area contributed by atoms with Crippen LogP contribution in [0.1, 0.15) is 23.3 Å². The third-order valence-electron chi connectivity index (χ3n) is 3.11. The van der Waals surface area contributed by atoms with Crippen LogP contribution in [-0.2, 0) is 4.79 Å². The van der Waals surface area contributed by atoms with Crippen LogP contribution in [0.15, 0.2) is 22.8 Å². The van der Waals surface area contributed by atoms with Crippen LogP contribution < -0.4 is 0 Å². The molecule has 2 rings (SSSR count). The monoisotopic (exact) mass is 325 g/mol. The third kappa shape index (κ3) is 3.53. The van der Waals surface area contributed by atoms with Gasteiger partial charge >= 0.3 is 0 Å². The van der Waals surface area contributed by atoms with E-state index in [2.05, 4.69) is 20.9 Å². The van der Waals surface area contributed by atoms with Crippen molar-refractivity contribution < 1.29 is 9.59 Å². The summed E-state index contributed by atoms with van der Waals surface area (Å²) in [5, 5.41) is 0. The molecule has 0 bridgehead atoms. The Morgan fingerprint density at radius 2 is 2.05 bits per heavy atom. The lowest BCUT2D eigenvalue weighted by atomic mass is 10.3. The van der Waals surface area contributed by atoms with Gasteiger partial charge in [-0.25, -0.2) is 4.98 Å². The molecule has 0 saturated carbocycles. The second-order valence-corrected chi connectivity index (χ2v) is 5.41. The van der Waals surface area contributed by atoms with Gasteiger partial charge in [0, 0.05) is 20.1 Å². The highest BCUT2D eigenvalue weighted by molar-refractivity contribution is 9.10. The molecule has 2 heterocycles. The number of nitrogens with zero attached hydrogens (tertiary/aromatic N) is 3. The minimum Gasteiger partial charge on any atom is -0.341 e. The normalized spacial score (nSPS) is 14.5. The first-order chi connectivity index (χ1) is 9.08. The topological polar surface area (TPSA) is 53.5 Å². The first-order valence-electron chi connectivity index (χ1n) is 6.24. The average molecular weight is 326 g/mol. The van der Waals surface area contributed by atoms with Gasteiger partial charge in [-0.15, -0.1) is 0 Å². The molecule has 1 aliphatic rings. The fourth-order valence-corrected chi connectivity index (χ4v) is 2.41. The first-order valence-corrected chi connectivity index (χ1v) is 7.03. The molecule has 19 heavy (non-hydrogen) atoms. The Bertz CT molecular complexity index is 487. The Kier molecular flexibility index (Phi) is 4.52. The predicted octanol–water partition coefficient (Wildman–Crippen LogP) is 1.54. The lowest BCUT2D eigenvalue weighted by molar-refractivity contribution is -0.130. The molecule has 1 saturated heterocycles. The maximum Gasteiger partial charge on any atom is 0.272 e. The number of pyridine rings is 1. The van der Waals surface area contributed by atoms with Crippen molar-refractivity contribution in [2.75, 3.05) is 26.7 Å². The summed E-state index contributed by atoms with van der Waals surface area (Å²) < 4.78 is 0.609. The van der Waals surface area contributed by atoms with Crippen molar-refractivity contribution in [3.63, 3.8) is 0 Å². The summed E-state index contributed by atoms with van der Waals surface area (Å²) in [7, 11) is 1.62. The van der Waals surface area contributed by atoms with Crippen LogP contribution in [0.3, 0.4) is 0 Å². The van der Waals surface area contributed by atoms with Crippen LogP contribution in [0, 0.1) is 0 Å². The standard InChI is InChI=1S/C13H16BrN3O2/c1-16(9-12(18)17-7-2-3-8-17)13(19)10-5-4-6-11(14)15-10/h4-6H,2-3,7-9H2,1H3. The minimum absolute atomic E-state index is 0.00310. The highest BCUT2D eigenvalue weighted by atomic mass is 79.9. The Balaban J connectivity index is 1.97. The number of halogens is 1. The van der Waals surface area contributed by atoms with E-state index < -0.39 is 0 Å². The summed E-state index contributed by atoms with van der Waals surface area (Å²) in [6.45, 7) is 1.71. The van der Waals surface area contributed by atoms with Gasteiger partial charge in [-0.2, -0.15) is 0 Å². The first kappa shape index (κ1) is 14.0. The molecule has 0 aromatic carbocycles. The van der Waals surface area contributed by atoms with E-state index in [0.717, 1.165) is 25.9 Å². The van der Waals surface area contributed by atoms with Crippen LogP contribution >= 0.6 is 15.9 Å². The van der Waals surface area contributed by atoms with E-state index in [-0.39, 0.29) is 18.4 Å². The van der Waals surface area contributed by atoms with Gasteiger partial charge < -0.3 is 9.80 Å². The third-order valence-corrected chi connectivity index (χ3v) is 3.55. The summed E-state index contributed by atoms with van der Waals surface area (Å²) in [6, 6.07) is 5.15. The Morgan fingerprint density at radius 3 is 2.68 bits per heavy atom. The summed E-state index contributed by atoms with van der Waals surface area (Å²) in [5.41, 5.74) is 0.339. The van der Waals surface area contributed by atoms with Crippen LogP contribution in [0.5, 0.6) is 0 Å². The summed E-state index contributed by atoms with van der Waals surface area (Å²) >= 11 is 3.23. The van der Waals surface area contributed by atoms with Gasteiger partial charge in [0.1, 0.15) is 10.3 Å². The van der Waals surface area contributed by atoms with E-state index in [9.17, 15) is 9.59 Å². The van der Waals surface area contributed by atoms with Crippen LogP contribution in [0.4, 0.5) is 0 Å². The van der Waals surface area contributed by atoms with Crippen molar-refractivity contribution in [3.8, 4) is 0 Å². The zero-order valence-corrected chi connectivity index (χ0v) is 12.4. The summed E-state index contributed by atoms with van der Waals surface area (Å²) in [6.07, 6.45) is 2.10. The maximum absolute atomic E-state index is 12.1. The number of rotatable bonds is 3. The molecule has 0 atom stereocenters. The molecule has 2 amide bonds. The molecule has 0 N–H and O–H groups in total. The van der Waals surface area contributed by atoms with Crippen LogP contribution in [-0.4, -0.2) is 53.3 Å². The number of carbonyl (C=O) groups is 2. The molecule has 5 nitrogen and oxygen atoms in total. The van der Waals surface area contributed by atoms with Crippen molar-refractivity contribution >= 4 is 27.7 Å². The lowest BCUT2D eigenvalue weighted by Gasteiger charge is -2.21. The molecule has 0 aliphatic carbocycles. The summed E-state index contributed by atoms with van der Waals surface area (Å²) in [4.78, 5) is 31.4. The number of aromatic nitrogens is 1. The molecule has 1 fully saturated rings. The van der Waals surface area contributed by atoms with Gasteiger partial charge in [-0.3, -0.25) is 9.59 Å². The lowest BCUT2D eigenvalue weighted by Crippen LogP contribution is -2.40. The van der Waals surface area contributed by atoms with E-state index in [1.807, 2.05) is 0 Å². The van der Waals surface area contributed by atoms with E-state index in [0.29, 0.717) is 10.3 Å². The number of amides is 2. The highest BCUT2D eigenvalue weighted by Crippen LogP contribution is 2.10. The minimum atomic E-state index is -0.242. The van der Waals surface area contributed by atoms with Gasteiger partial charge in [0.25, 0.3) is 5.91 Å². The molecular weight excluding hydrogens is 310 g/mol. The van der Waals surface area contributed by atoms with E-state index >= 15 is 0 Å². The molecule has 0 spiro atoms. The van der Waals surface area contributed by atoms with Gasteiger partial charge in [0.05, 0.1) is 6.54 Å². The van der Waals surface area contributed by atoms with Crippen molar-refractivity contribution in [1.82, 2.24) is 14.8 Å². The SMILES string of the molecule is CN(CC(=O)N1CCCC1)C(=O)c1cccc(Br)n1. The molecule has 102 valence electrons. The van der Waals surface area contributed by atoms with Gasteiger partial charge in [0.15, 0.2) is 0 Å². The molecular formula is C13H16BrN3O2. The number of hydrogen-bond acceptors (Lipinski definition) is 3. The largest absolute Gasteiger partial charge is 0.341 e. The number of carbonyl (C=O) groups excluding carboxylic acids is 2. The molecule has 1 aromatic heterocycles. The fourth-order valence-electron chi connectivity index (χ4n) is 2.06. The number of hydrogen-bond donors (Lipinski definition) is 0. The van der Waals surface area contributed by atoms with Crippen molar-refractivity contribution in [1.29, 1.82) is 0 Å². The molecule has 0 unspecified atom stereocenters. The Hall–Kier alpha value is -1.43. The van der Waals surface area contributed by atoms with Crippen LogP contribution in [0.25, 0.3) is 0 Å². The Labute approximate surface area is 120 Å². The zero-order chi connectivity index (χ0) is 13.8. The van der Waals surface area contributed by atoms with Gasteiger partial charge in [0.2, 0.25) is 5.91 Å². The fraction of sp³-hybridized carbons (Fsp3) is 0.462. The van der Waals surface area contributed by atoms with Crippen LogP contribution in [0.2, 0.25) is 0 Å². The van der Waals surface area contributed by atoms with Gasteiger partial charge in [-0.05, 0) is 40.9 Å². The van der Waals surface area contributed by atoms with E-state index in [4.69, 9.17) is 0 Å². The predicted molar refractivity (Wildman–Crippen MR) is 74.7 cm³/mol. The number of likely N-dealkylation sites (N-methyl/N-ethyl adjacent to an activating group) is 1. The smallest absolute Gasteiger partial charge is 0.272 e. The molecule has 6 heteroatoms. The number of likely N-dealkylation sites (tertiary alicyclic amines) is 1. The average Bonchev–Trinajstić information content (AvgIpc) is 2.91.